The van der Waals surface area contributed by atoms with Gasteiger partial charge in [-0.2, -0.15) is 0 Å². The summed E-state index contributed by atoms with van der Waals surface area (Å²) in [5.74, 6) is 0.869. The molecule has 1 amide bonds. The molecule has 0 bridgehead atoms. The van der Waals surface area contributed by atoms with E-state index < -0.39 is 0 Å². The second-order valence-corrected chi connectivity index (χ2v) is 7.26. The number of imidazole rings is 1. The number of hydrogen-bond acceptors (Lipinski definition) is 4. The topological polar surface area (TPSA) is 62.5 Å². The Morgan fingerprint density at radius 3 is 2.64 bits per heavy atom. The zero-order valence-electron chi connectivity index (χ0n) is 14.0. The molecule has 1 fully saturated rings. The lowest BCUT2D eigenvalue weighted by Gasteiger charge is -2.13. The summed E-state index contributed by atoms with van der Waals surface area (Å²) < 4.78 is 2.56. The molecule has 4 rings (SSSR count). The van der Waals surface area contributed by atoms with E-state index in [0.29, 0.717) is 16.1 Å². The van der Waals surface area contributed by atoms with Crippen molar-refractivity contribution in [1.82, 2.24) is 14.4 Å². The van der Waals surface area contributed by atoms with E-state index in [1.54, 1.807) is 6.20 Å². The van der Waals surface area contributed by atoms with Crippen molar-refractivity contribution in [3.8, 4) is 11.3 Å². The van der Waals surface area contributed by atoms with E-state index in [2.05, 4.69) is 31.2 Å². The molecule has 2 aromatic heterocycles. The molecular formula is C18H18BrN5O. The van der Waals surface area contributed by atoms with Gasteiger partial charge in [-0.25, -0.2) is 9.97 Å². The molecule has 128 valence electrons. The summed E-state index contributed by atoms with van der Waals surface area (Å²) in [6.07, 6.45) is 5.43. The van der Waals surface area contributed by atoms with Crippen molar-refractivity contribution in [3.63, 3.8) is 0 Å². The van der Waals surface area contributed by atoms with Crippen LogP contribution >= 0.6 is 15.9 Å². The molecule has 0 unspecified atom stereocenters. The Balaban J connectivity index is 1.82. The number of halogens is 1. The highest BCUT2D eigenvalue weighted by Crippen LogP contribution is 2.34. The standard InChI is InChI=1S/C18H18BrN5O/c1-23(2)13-7-5-11(6-8-13)16-17(22-18(25)12-3-4-12)24-10-14(19)20-9-15(24)21-16/h5-10,12H,3-4H2,1-2H3,(H,22,25). The molecule has 0 atom stereocenters. The van der Waals surface area contributed by atoms with E-state index in [9.17, 15) is 4.79 Å². The molecule has 0 aliphatic heterocycles. The van der Waals surface area contributed by atoms with E-state index in [4.69, 9.17) is 0 Å². The summed E-state index contributed by atoms with van der Waals surface area (Å²) in [5, 5.41) is 3.06. The van der Waals surface area contributed by atoms with Gasteiger partial charge in [0.25, 0.3) is 0 Å². The summed E-state index contributed by atoms with van der Waals surface area (Å²) in [6.45, 7) is 0. The van der Waals surface area contributed by atoms with Crippen LogP contribution in [0.3, 0.4) is 0 Å². The van der Waals surface area contributed by atoms with Crippen LogP contribution in [0.4, 0.5) is 11.5 Å². The minimum atomic E-state index is 0.0564. The van der Waals surface area contributed by atoms with Gasteiger partial charge < -0.3 is 10.2 Å². The Hall–Kier alpha value is -2.41. The number of carbonyl (C=O) groups is 1. The van der Waals surface area contributed by atoms with Crippen molar-refractivity contribution >= 4 is 39.0 Å². The zero-order valence-corrected chi connectivity index (χ0v) is 15.6. The third-order valence-corrected chi connectivity index (χ3v) is 4.73. The van der Waals surface area contributed by atoms with Crippen molar-refractivity contribution < 1.29 is 4.79 Å². The number of anilines is 2. The minimum absolute atomic E-state index is 0.0564. The highest BCUT2D eigenvalue weighted by molar-refractivity contribution is 9.10. The largest absolute Gasteiger partial charge is 0.378 e. The van der Waals surface area contributed by atoms with Crippen LogP contribution in [0.25, 0.3) is 16.9 Å². The molecule has 0 saturated heterocycles. The van der Waals surface area contributed by atoms with Gasteiger partial charge >= 0.3 is 0 Å². The van der Waals surface area contributed by atoms with Gasteiger partial charge in [0.15, 0.2) is 5.65 Å². The van der Waals surface area contributed by atoms with E-state index in [1.165, 1.54) is 0 Å². The first-order valence-corrected chi connectivity index (χ1v) is 8.94. The van der Waals surface area contributed by atoms with Gasteiger partial charge in [-0.1, -0.05) is 12.1 Å². The molecule has 1 N–H and O–H groups in total. The molecule has 7 heteroatoms. The first-order chi connectivity index (χ1) is 12.0. The van der Waals surface area contributed by atoms with Crippen LogP contribution in [0.5, 0.6) is 0 Å². The zero-order chi connectivity index (χ0) is 17.6. The van der Waals surface area contributed by atoms with Crippen LogP contribution in [-0.4, -0.2) is 34.4 Å². The Morgan fingerprint density at radius 1 is 1.28 bits per heavy atom. The Morgan fingerprint density at radius 2 is 2.00 bits per heavy atom. The van der Waals surface area contributed by atoms with Gasteiger partial charge in [-0.3, -0.25) is 9.20 Å². The highest BCUT2D eigenvalue weighted by atomic mass is 79.9. The van der Waals surface area contributed by atoms with Crippen LogP contribution in [0.1, 0.15) is 12.8 Å². The monoisotopic (exact) mass is 399 g/mol. The third-order valence-electron chi connectivity index (χ3n) is 4.32. The fourth-order valence-electron chi connectivity index (χ4n) is 2.73. The number of fused-ring (bicyclic) bond motifs is 1. The van der Waals surface area contributed by atoms with Gasteiger partial charge in [0.05, 0.1) is 6.20 Å². The molecule has 1 saturated carbocycles. The molecule has 1 aromatic carbocycles. The number of rotatable bonds is 4. The predicted octanol–water partition coefficient (Wildman–Crippen LogP) is 3.57. The summed E-state index contributed by atoms with van der Waals surface area (Å²) in [4.78, 5) is 23.3. The highest BCUT2D eigenvalue weighted by Gasteiger charge is 2.31. The maximum Gasteiger partial charge on any atom is 0.228 e. The third kappa shape index (κ3) is 3.11. The van der Waals surface area contributed by atoms with Crippen LogP contribution in [0, 0.1) is 5.92 Å². The lowest BCUT2D eigenvalue weighted by Crippen LogP contribution is -2.15. The number of nitrogens with zero attached hydrogens (tertiary/aromatic N) is 4. The van der Waals surface area contributed by atoms with Crippen molar-refractivity contribution in [2.45, 2.75) is 12.8 Å². The van der Waals surface area contributed by atoms with E-state index in [0.717, 1.165) is 29.8 Å². The van der Waals surface area contributed by atoms with Gasteiger partial charge in [0.2, 0.25) is 5.91 Å². The van der Waals surface area contributed by atoms with Crippen LogP contribution in [-0.2, 0) is 4.79 Å². The Bertz CT molecular complexity index is 944. The molecule has 1 aliphatic rings. The normalized spacial score (nSPS) is 13.9. The van der Waals surface area contributed by atoms with Crippen molar-refractivity contribution in [1.29, 1.82) is 0 Å². The number of amides is 1. The molecule has 3 aromatic rings. The van der Waals surface area contributed by atoms with Gasteiger partial charge in [0.1, 0.15) is 16.1 Å². The van der Waals surface area contributed by atoms with Crippen molar-refractivity contribution in [3.05, 3.63) is 41.3 Å². The molecule has 2 heterocycles. The SMILES string of the molecule is CN(C)c1ccc(-c2nc3cnc(Br)cn3c2NC(=O)C2CC2)cc1. The lowest BCUT2D eigenvalue weighted by molar-refractivity contribution is -0.117. The summed E-state index contributed by atoms with van der Waals surface area (Å²) >= 11 is 3.39. The number of benzene rings is 1. The van der Waals surface area contributed by atoms with Crippen molar-refractivity contribution in [2.75, 3.05) is 24.3 Å². The van der Waals surface area contributed by atoms with Crippen LogP contribution < -0.4 is 10.2 Å². The van der Waals surface area contributed by atoms with Gasteiger partial charge in [0, 0.05) is 37.5 Å². The Kier molecular flexibility index (Phi) is 3.95. The van der Waals surface area contributed by atoms with Gasteiger partial charge in [-0.05, 0) is 40.9 Å². The van der Waals surface area contributed by atoms with E-state index in [1.807, 2.05) is 53.9 Å². The van der Waals surface area contributed by atoms with Crippen LogP contribution in [0.15, 0.2) is 41.3 Å². The summed E-state index contributed by atoms with van der Waals surface area (Å²) in [6, 6.07) is 8.12. The fourth-order valence-corrected chi connectivity index (χ4v) is 3.04. The number of aromatic nitrogens is 3. The molecule has 25 heavy (non-hydrogen) atoms. The molecular weight excluding hydrogens is 382 g/mol. The second kappa shape index (κ2) is 6.15. The number of carbonyl (C=O) groups excluding carboxylic acids is 1. The first kappa shape index (κ1) is 16.1. The van der Waals surface area contributed by atoms with E-state index >= 15 is 0 Å². The fraction of sp³-hybridized carbons (Fsp3) is 0.278. The lowest BCUT2D eigenvalue weighted by atomic mass is 10.1. The molecule has 0 spiro atoms. The maximum atomic E-state index is 12.3. The number of hydrogen-bond donors (Lipinski definition) is 1. The minimum Gasteiger partial charge on any atom is -0.378 e. The predicted molar refractivity (Wildman–Crippen MR) is 102 cm³/mol. The second-order valence-electron chi connectivity index (χ2n) is 6.45. The Labute approximate surface area is 154 Å². The summed E-state index contributed by atoms with van der Waals surface area (Å²) in [5.41, 5.74) is 3.51. The molecule has 6 nitrogen and oxygen atoms in total. The van der Waals surface area contributed by atoms with Gasteiger partial charge in [-0.15, -0.1) is 0 Å². The van der Waals surface area contributed by atoms with Crippen molar-refractivity contribution in [2.24, 2.45) is 5.92 Å². The average molecular weight is 400 g/mol. The first-order valence-electron chi connectivity index (χ1n) is 8.15. The molecule has 1 aliphatic carbocycles. The van der Waals surface area contributed by atoms with Crippen LogP contribution in [0.2, 0.25) is 0 Å². The quantitative estimate of drug-likeness (QED) is 0.728. The van der Waals surface area contributed by atoms with E-state index in [-0.39, 0.29) is 11.8 Å². The number of nitrogens with one attached hydrogen (secondary N) is 1. The average Bonchev–Trinajstić information content (AvgIpc) is 3.39. The smallest absolute Gasteiger partial charge is 0.228 e. The maximum absolute atomic E-state index is 12.3. The summed E-state index contributed by atoms with van der Waals surface area (Å²) in [7, 11) is 4.01. The molecule has 0 radical (unpaired) electrons.